The third-order valence-electron chi connectivity index (χ3n) is 6.17. The lowest BCUT2D eigenvalue weighted by Gasteiger charge is -2.20. The third-order valence-corrected chi connectivity index (χ3v) is 8.08. The molecule has 2 aliphatic rings. The second-order valence-corrected chi connectivity index (χ2v) is 12.5. The number of ether oxygens (including phenoxy) is 3. The fraction of sp³-hybridized carbons (Fsp3) is 0.423. The van der Waals surface area contributed by atoms with Crippen molar-refractivity contribution >= 4 is 27.0 Å². The molecule has 192 valence electrons. The molecule has 10 heteroatoms. The van der Waals surface area contributed by atoms with Gasteiger partial charge in [0.25, 0.3) is 0 Å². The predicted octanol–water partition coefficient (Wildman–Crippen LogP) is 4.89. The fourth-order valence-corrected chi connectivity index (χ4v) is 6.32. The highest BCUT2D eigenvalue weighted by atomic mass is 32.2. The molecule has 0 saturated carbocycles. The van der Waals surface area contributed by atoms with Crippen molar-refractivity contribution in [3.63, 3.8) is 0 Å². The van der Waals surface area contributed by atoms with Gasteiger partial charge in [-0.25, -0.2) is 17.6 Å². The maximum atomic E-state index is 14.1. The number of nitrogens with zero attached hydrogens (tertiary/aromatic N) is 2. The lowest BCUT2D eigenvalue weighted by molar-refractivity contribution is -0.139. The fourth-order valence-electron chi connectivity index (χ4n) is 4.67. The van der Waals surface area contributed by atoms with Crippen molar-refractivity contribution in [1.82, 2.24) is 8.87 Å². The van der Waals surface area contributed by atoms with Crippen molar-refractivity contribution in [2.24, 2.45) is 0 Å². The third kappa shape index (κ3) is 4.54. The van der Waals surface area contributed by atoms with Crippen molar-refractivity contribution in [1.29, 1.82) is 0 Å². The summed E-state index contributed by atoms with van der Waals surface area (Å²) in [4.78, 5) is 13.1. The number of carbonyl (C=O) groups is 1. The van der Waals surface area contributed by atoms with Crippen LogP contribution >= 0.6 is 0 Å². The van der Waals surface area contributed by atoms with Crippen LogP contribution in [0, 0.1) is 5.82 Å². The summed E-state index contributed by atoms with van der Waals surface area (Å²) in [6.45, 7) is 9.58. The summed E-state index contributed by atoms with van der Waals surface area (Å²) in [5, 5.41) is 0.652. The first-order valence-electron chi connectivity index (χ1n) is 11.7. The highest BCUT2D eigenvalue weighted by molar-refractivity contribution is 7.89. The zero-order valence-electron chi connectivity index (χ0n) is 20.9. The highest BCUT2D eigenvalue weighted by Gasteiger charge is 2.40. The zero-order valence-corrected chi connectivity index (χ0v) is 21.7. The van der Waals surface area contributed by atoms with Gasteiger partial charge in [0.15, 0.2) is 5.79 Å². The van der Waals surface area contributed by atoms with Crippen LogP contribution in [0.25, 0.3) is 22.0 Å². The van der Waals surface area contributed by atoms with E-state index in [9.17, 15) is 17.6 Å². The Bertz CT molecular complexity index is 1470. The highest BCUT2D eigenvalue weighted by Crippen LogP contribution is 2.38. The van der Waals surface area contributed by atoms with Crippen LogP contribution in [0.2, 0.25) is 0 Å². The molecule has 1 fully saturated rings. The molecule has 1 unspecified atom stereocenters. The number of hydrogen-bond acceptors (Lipinski definition) is 6. The Balaban J connectivity index is 1.50. The van der Waals surface area contributed by atoms with Gasteiger partial charge in [0.2, 0.25) is 10.0 Å². The van der Waals surface area contributed by atoms with E-state index in [0.717, 1.165) is 0 Å². The number of sulfonamides is 1. The van der Waals surface area contributed by atoms with E-state index in [0.29, 0.717) is 34.2 Å². The van der Waals surface area contributed by atoms with Gasteiger partial charge in [0, 0.05) is 30.2 Å². The second kappa shape index (κ2) is 8.37. The Kier molecular flexibility index (Phi) is 5.79. The number of halogens is 1. The molecule has 1 saturated heterocycles. The van der Waals surface area contributed by atoms with E-state index in [2.05, 4.69) is 0 Å². The Hall–Kier alpha value is -2.79. The number of aromatic nitrogens is 1. The van der Waals surface area contributed by atoms with Gasteiger partial charge in [0.1, 0.15) is 11.4 Å². The first kappa shape index (κ1) is 24.9. The summed E-state index contributed by atoms with van der Waals surface area (Å²) < 4.78 is 60.0. The van der Waals surface area contributed by atoms with Gasteiger partial charge in [-0.1, -0.05) is 6.07 Å². The van der Waals surface area contributed by atoms with Gasteiger partial charge in [-0.15, -0.1) is 0 Å². The molecule has 3 aromatic rings. The molecule has 2 aromatic carbocycles. The van der Waals surface area contributed by atoms with Crippen LogP contribution in [-0.2, 0) is 30.8 Å². The summed E-state index contributed by atoms with van der Waals surface area (Å²) in [6.07, 6.45) is 0.624. The predicted molar refractivity (Wildman–Crippen MR) is 131 cm³/mol. The summed E-state index contributed by atoms with van der Waals surface area (Å²) in [5.74, 6) is -1.22. The monoisotopic (exact) mass is 516 g/mol. The molecule has 1 atom stereocenters. The average molecular weight is 517 g/mol. The largest absolute Gasteiger partial charge is 0.443 e. The maximum Gasteiger partial charge on any atom is 0.419 e. The van der Waals surface area contributed by atoms with E-state index in [1.807, 2.05) is 0 Å². The van der Waals surface area contributed by atoms with E-state index in [1.54, 1.807) is 65.1 Å². The maximum absolute atomic E-state index is 14.1. The van der Waals surface area contributed by atoms with Gasteiger partial charge < -0.3 is 14.2 Å². The molecule has 0 radical (unpaired) electrons. The van der Waals surface area contributed by atoms with Crippen molar-refractivity contribution in [2.45, 2.75) is 63.6 Å². The molecular weight excluding hydrogens is 487 g/mol. The molecule has 0 bridgehead atoms. The van der Waals surface area contributed by atoms with Crippen LogP contribution in [0.1, 0.15) is 40.2 Å². The molecule has 8 nitrogen and oxygen atoms in total. The number of fused-ring (bicyclic) bond motifs is 2. The van der Waals surface area contributed by atoms with E-state index in [-0.39, 0.29) is 24.1 Å². The molecular formula is C26H29FN2O6S. The molecule has 5 rings (SSSR count). The Morgan fingerprint density at radius 1 is 1.19 bits per heavy atom. The van der Waals surface area contributed by atoms with Crippen LogP contribution in [0.15, 0.2) is 47.5 Å². The minimum Gasteiger partial charge on any atom is -0.443 e. The van der Waals surface area contributed by atoms with E-state index in [1.165, 1.54) is 21.0 Å². The number of hydrogen-bond donors (Lipinski definition) is 0. The number of rotatable bonds is 3. The molecule has 0 N–H and O–H groups in total. The van der Waals surface area contributed by atoms with Gasteiger partial charge in [-0.2, -0.15) is 4.31 Å². The zero-order chi connectivity index (χ0) is 26.0. The summed E-state index contributed by atoms with van der Waals surface area (Å²) in [7, 11) is -3.68. The first-order valence-corrected chi connectivity index (χ1v) is 13.2. The normalized spacial score (nSPS) is 21.1. The van der Waals surface area contributed by atoms with E-state index >= 15 is 0 Å². The lowest BCUT2D eigenvalue weighted by atomic mass is 10.0. The number of benzene rings is 2. The summed E-state index contributed by atoms with van der Waals surface area (Å²) in [6, 6.07) is 9.31. The van der Waals surface area contributed by atoms with Crippen LogP contribution in [0.5, 0.6) is 0 Å². The van der Waals surface area contributed by atoms with Crippen LogP contribution in [0.3, 0.4) is 0 Å². The molecule has 0 spiro atoms. The van der Waals surface area contributed by atoms with Crippen molar-refractivity contribution in [3.05, 3.63) is 54.0 Å². The summed E-state index contributed by atoms with van der Waals surface area (Å²) >= 11 is 0. The molecule has 0 amide bonds. The Labute approximate surface area is 209 Å². The topological polar surface area (TPSA) is 87.1 Å². The van der Waals surface area contributed by atoms with Crippen molar-refractivity contribution in [3.8, 4) is 11.1 Å². The second-order valence-electron chi connectivity index (χ2n) is 10.6. The van der Waals surface area contributed by atoms with Crippen LogP contribution in [-0.4, -0.2) is 54.0 Å². The van der Waals surface area contributed by atoms with E-state index in [4.69, 9.17) is 14.2 Å². The van der Waals surface area contributed by atoms with Crippen LogP contribution in [0.4, 0.5) is 9.18 Å². The van der Waals surface area contributed by atoms with Gasteiger partial charge >= 0.3 is 6.09 Å². The Morgan fingerprint density at radius 2 is 1.94 bits per heavy atom. The van der Waals surface area contributed by atoms with Gasteiger partial charge in [0.05, 0.1) is 23.1 Å². The van der Waals surface area contributed by atoms with Crippen LogP contribution < -0.4 is 0 Å². The SMILES string of the molecule is CC(C)(C)OC(=O)n1cc(-c2ccc3c(c2)CN(CC2COC(C)(C)O2)S3(=O)=O)c2ccc(F)cc21. The van der Waals surface area contributed by atoms with Crippen molar-refractivity contribution in [2.75, 3.05) is 13.2 Å². The first-order chi connectivity index (χ1) is 16.7. The minimum atomic E-state index is -3.68. The van der Waals surface area contributed by atoms with E-state index < -0.39 is 33.3 Å². The van der Waals surface area contributed by atoms with Gasteiger partial charge in [-0.3, -0.25) is 4.57 Å². The van der Waals surface area contributed by atoms with Crippen molar-refractivity contribution < 1.29 is 31.8 Å². The quantitative estimate of drug-likeness (QED) is 0.493. The summed E-state index contributed by atoms with van der Waals surface area (Å²) in [5.41, 5.74) is 1.67. The molecule has 2 aliphatic heterocycles. The lowest BCUT2D eigenvalue weighted by Crippen LogP contribution is -2.35. The molecule has 3 heterocycles. The smallest absolute Gasteiger partial charge is 0.419 e. The average Bonchev–Trinajstić information content (AvgIpc) is 3.38. The van der Waals surface area contributed by atoms with Gasteiger partial charge in [-0.05, 0) is 76.1 Å². The molecule has 1 aromatic heterocycles. The minimum absolute atomic E-state index is 0.188. The molecule has 36 heavy (non-hydrogen) atoms. The standard InChI is InChI=1S/C26H29FN2O6S/c1-25(2,3)35-24(30)29-14-21(20-8-7-18(27)11-22(20)29)16-6-9-23-17(10-16)12-28(36(23,31)32)13-19-15-33-26(4,5)34-19/h6-11,14,19H,12-13,15H2,1-5H3. The molecule has 0 aliphatic carbocycles. The Morgan fingerprint density at radius 3 is 2.61 bits per heavy atom. The number of carbonyl (C=O) groups excluding carboxylic acids is 1.